The van der Waals surface area contributed by atoms with E-state index in [0.29, 0.717) is 13.1 Å². The lowest BCUT2D eigenvalue weighted by atomic mass is 10.0. The van der Waals surface area contributed by atoms with Crippen molar-refractivity contribution in [2.45, 2.75) is 6.43 Å². The smallest absolute Gasteiger partial charge is 0.282 e. The molecule has 0 bridgehead atoms. The van der Waals surface area contributed by atoms with Crippen LogP contribution in [0.5, 0.6) is 0 Å². The molecule has 3 aromatic heterocycles. The van der Waals surface area contributed by atoms with Gasteiger partial charge in [0.15, 0.2) is 17.0 Å². The van der Waals surface area contributed by atoms with Crippen molar-refractivity contribution in [1.29, 1.82) is 0 Å². The molecule has 3 aromatic rings. The molecule has 0 aliphatic carbocycles. The fourth-order valence-electron chi connectivity index (χ4n) is 4.50. The fraction of sp³-hybridized carbons (Fsp3) is 0.500. The summed E-state index contributed by atoms with van der Waals surface area (Å²) in [5.74, 6) is 0.956. The van der Waals surface area contributed by atoms with Crippen molar-refractivity contribution in [3.63, 3.8) is 0 Å². The third kappa shape index (κ3) is 2.83. The largest absolute Gasteiger partial charge is 0.354 e. The van der Waals surface area contributed by atoms with Crippen LogP contribution in [0, 0.1) is 11.8 Å². The van der Waals surface area contributed by atoms with E-state index in [4.69, 9.17) is 0 Å². The molecular formula is C18H20F2N8O. The average molecular weight is 402 g/mol. The Kier molecular flexibility index (Phi) is 4.00. The van der Waals surface area contributed by atoms with E-state index in [2.05, 4.69) is 25.0 Å². The van der Waals surface area contributed by atoms with E-state index in [-0.39, 0.29) is 23.3 Å². The minimum absolute atomic E-state index is 0.00896. The quantitative estimate of drug-likeness (QED) is 0.656. The van der Waals surface area contributed by atoms with Crippen LogP contribution in [0.2, 0.25) is 0 Å². The molecule has 2 aliphatic rings. The van der Waals surface area contributed by atoms with Gasteiger partial charge in [-0.05, 0) is 0 Å². The average Bonchev–Trinajstić information content (AvgIpc) is 3.43. The maximum atomic E-state index is 13.2. The Morgan fingerprint density at radius 2 is 1.83 bits per heavy atom. The zero-order chi connectivity index (χ0) is 20.3. The number of amides is 1. The highest BCUT2D eigenvalue weighted by molar-refractivity contribution is 5.95. The Balaban J connectivity index is 1.33. The van der Waals surface area contributed by atoms with Crippen LogP contribution in [-0.2, 0) is 14.1 Å². The zero-order valence-electron chi connectivity index (χ0n) is 16.0. The van der Waals surface area contributed by atoms with Gasteiger partial charge in [-0.3, -0.25) is 9.48 Å². The summed E-state index contributed by atoms with van der Waals surface area (Å²) in [6, 6.07) is 0. The molecule has 2 atom stereocenters. The highest BCUT2D eigenvalue weighted by Gasteiger charge is 2.43. The second-order valence-corrected chi connectivity index (χ2v) is 7.76. The monoisotopic (exact) mass is 402 g/mol. The van der Waals surface area contributed by atoms with Crippen LogP contribution in [-0.4, -0.2) is 66.3 Å². The van der Waals surface area contributed by atoms with Gasteiger partial charge in [0.2, 0.25) is 0 Å². The Bertz CT molecular complexity index is 1080. The van der Waals surface area contributed by atoms with E-state index in [9.17, 15) is 13.6 Å². The number of imidazole rings is 1. The molecule has 0 radical (unpaired) electrons. The van der Waals surface area contributed by atoms with Crippen LogP contribution < -0.4 is 4.90 Å². The van der Waals surface area contributed by atoms with E-state index in [1.54, 1.807) is 18.3 Å². The molecule has 5 heterocycles. The number of carbonyl (C=O) groups is 1. The third-order valence-electron chi connectivity index (χ3n) is 5.85. The van der Waals surface area contributed by atoms with Crippen molar-refractivity contribution in [3.8, 4) is 0 Å². The molecule has 0 N–H and O–H groups in total. The number of fused-ring (bicyclic) bond motifs is 2. The minimum Gasteiger partial charge on any atom is -0.354 e. The molecule has 152 valence electrons. The normalized spacial score (nSPS) is 21.6. The van der Waals surface area contributed by atoms with Crippen LogP contribution in [0.3, 0.4) is 0 Å². The van der Waals surface area contributed by atoms with Crippen LogP contribution in [0.4, 0.5) is 14.6 Å². The molecule has 1 amide bonds. The van der Waals surface area contributed by atoms with Gasteiger partial charge in [-0.1, -0.05) is 0 Å². The molecule has 29 heavy (non-hydrogen) atoms. The Labute approximate surface area is 165 Å². The third-order valence-corrected chi connectivity index (χ3v) is 5.85. The number of nitrogens with zero attached hydrogens (tertiary/aromatic N) is 8. The van der Waals surface area contributed by atoms with Crippen molar-refractivity contribution < 1.29 is 13.6 Å². The Morgan fingerprint density at radius 3 is 2.52 bits per heavy atom. The standard InChI is InChI=1S/C18H20F2N8O/c1-25-9-23-14-16(25)21-8-22-17(14)27-3-10-5-28(6-11(10)4-27)18(29)12-7-26(2)24-13(12)15(19)20/h7-11,15H,3-6H2,1-2H3. The number of aromatic nitrogens is 6. The van der Waals surface area contributed by atoms with Gasteiger partial charge in [-0.15, -0.1) is 0 Å². The lowest BCUT2D eigenvalue weighted by Gasteiger charge is -2.22. The lowest BCUT2D eigenvalue weighted by Crippen LogP contribution is -2.34. The van der Waals surface area contributed by atoms with Crippen LogP contribution in [0.1, 0.15) is 22.5 Å². The first-order valence-corrected chi connectivity index (χ1v) is 9.40. The molecule has 0 saturated carbocycles. The van der Waals surface area contributed by atoms with E-state index in [1.807, 2.05) is 11.6 Å². The summed E-state index contributed by atoms with van der Waals surface area (Å²) in [6.07, 6.45) is 1.86. The molecule has 0 spiro atoms. The topological polar surface area (TPSA) is 85.0 Å². The van der Waals surface area contributed by atoms with Crippen LogP contribution in [0.25, 0.3) is 11.2 Å². The summed E-state index contributed by atoms with van der Waals surface area (Å²) in [5.41, 5.74) is 1.08. The Morgan fingerprint density at radius 1 is 1.10 bits per heavy atom. The maximum absolute atomic E-state index is 13.2. The molecule has 2 aliphatic heterocycles. The molecule has 2 fully saturated rings. The number of hydrogen-bond donors (Lipinski definition) is 0. The predicted molar refractivity (Wildman–Crippen MR) is 99.6 cm³/mol. The number of halogens is 2. The molecule has 0 aromatic carbocycles. The first kappa shape index (κ1) is 18.0. The van der Waals surface area contributed by atoms with E-state index < -0.39 is 12.1 Å². The number of likely N-dealkylation sites (tertiary alicyclic amines) is 1. The minimum atomic E-state index is -2.77. The summed E-state index contributed by atoms with van der Waals surface area (Å²) in [6.45, 7) is 2.56. The first-order valence-electron chi connectivity index (χ1n) is 9.40. The fourth-order valence-corrected chi connectivity index (χ4v) is 4.50. The molecular weight excluding hydrogens is 382 g/mol. The van der Waals surface area contributed by atoms with Crippen molar-refractivity contribution >= 4 is 22.9 Å². The number of carbonyl (C=O) groups excluding carboxylic acids is 1. The summed E-state index contributed by atoms with van der Waals surface area (Å²) >= 11 is 0. The predicted octanol–water partition coefficient (Wildman–Crippen LogP) is 1.24. The van der Waals surface area contributed by atoms with E-state index in [0.717, 1.165) is 30.1 Å². The first-order chi connectivity index (χ1) is 13.9. The van der Waals surface area contributed by atoms with Gasteiger partial charge in [0.25, 0.3) is 12.3 Å². The Hall–Kier alpha value is -3.11. The summed E-state index contributed by atoms with van der Waals surface area (Å²) in [5, 5.41) is 3.75. The number of anilines is 1. The van der Waals surface area contributed by atoms with Crippen molar-refractivity contribution in [1.82, 2.24) is 34.2 Å². The van der Waals surface area contributed by atoms with Gasteiger partial charge in [0.05, 0.1) is 11.9 Å². The lowest BCUT2D eigenvalue weighted by molar-refractivity contribution is 0.0769. The second kappa shape index (κ2) is 6.46. The number of alkyl halides is 2. The van der Waals surface area contributed by atoms with Crippen molar-refractivity contribution in [2.75, 3.05) is 31.1 Å². The van der Waals surface area contributed by atoms with Gasteiger partial charge < -0.3 is 14.4 Å². The number of hydrogen-bond acceptors (Lipinski definition) is 6. The SMILES string of the molecule is Cn1cc(C(=O)N2CC3CN(c4ncnc5c4ncn5C)CC3C2)c(C(F)F)n1. The summed E-state index contributed by atoms with van der Waals surface area (Å²) in [4.78, 5) is 29.8. The van der Waals surface area contributed by atoms with Gasteiger partial charge in [-0.25, -0.2) is 23.7 Å². The highest BCUT2D eigenvalue weighted by atomic mass is 19.3. The van der Waals surface area contributed by atoms with Crippen LogP contribution in [0.15, 0.2) is 18.9 Å². The number of aryl methyl sites for hydroxylation is 2. The maximum Gasteiger partial charge on any atom is 0.282 e. The summed E-state index contributed by atoms with van der Waals surface area (Å²) < 4.78 is 29.5. The second-order valence-electron chi connectivity index (χ2n) is 7.76. The highest BCUT2D eigenvalue weighted by Crippen LogP contribution is 2.36. The zero-order valence-corrected chi connectivity index (χ0v) is 16.0. The molecule has 11 heteroatoms. The van der Waals surface area contributed by atoms with Gasteiger partial charge in [0, 0.05) is 58.3 Å². The van der Waals surface area contributed by atoms with Gasteiger partial charge in [0.1, 0.15) is 12.0 Å². The van der Waals surface area contributed by atoms with E-state index >= 15 is 0 Å². The molecule has 2 saturated heterocycles. The van der Waals surface area contributed by atoms with Gasteiger partial charge in [-0.2, -0.15) is 5.10 Å². The van der Waals surface area contributed by atoms with Crippen molar-refractivity contribution in [2.24, 2.45) is 25.9 Å². The van der Waals surface area contributed by atoms with Crippen molar-refractivity contribution in [3.05, 3.63) is 30.1 Å². The van der Waals surface area contributed by atoms with Gasteiger partial charge >= 0.3 is 0 Å². The molecule has 9 nitrogen and oxygen atoms in total. The molecule has 2 unspecified atom stereocenters. The molecule has 5 rings (SSSR count). The van der Waals surface area contributed by atoms with Crippen LogP contribution >= 0.6 is 0 Å². The summed E-state index contributed by atoms with van der Waals surface area (Å²) in [7, 11) is 3.43. The van der Waals surface area contributed by atoms with E-state index in [1.165, 1.54) is 17.2 Å². The number of rotatable bonds is 3.